The summed E-state index contributed by atoms with van der Waals surface area (Å²) in [5.41, 5.74) is 9.55. The molecular formula is C89H94O16. The summed E-state index contributed by atoms with van der Waals surface area (Å²) >= 11 is 0. The first-order valence-corrected chi connectivity index (χ1v) is 36.3. The summed E-state index contributed by atoms with van der Waals surface area (Å²) in [7, 11) is 1.59. The molecular weight excluding hydrogens is 1320 g/mol. The number of hydrogen-bond acceptors (Lipinski definition) is 16. The van der Waals surface area contributed by atoms with Gasteiger partial charge in [-0.25, -0.2) is 0 Å². The largest absolute Gasteiger partial charge is 0.374 e. The van der Waals surface area contributed by atoms with Crippen molar-refractivity contribution in [1.82, 2.24) is 0 Å². The van der Waals surface area contributed by atoms with Gasteiger partial charge in [-0.15, -0.1) is 0 Å². The van der Waals surface area contributed by atoms with Gasteiger partial charge in [-0.2, -0.15) is 0 Å². The Hall–Kier alpha value is -8.44. The van der Waals surface area contributed by atoms with Gasteiger partial charge in [0, 0.05) is 7.11 Å². The van der Waals surface area contributed by atoms with E-state index >= 15 is 0 Å². The van der Waals surface area contributed by atoms with Gasteiger partial charge in [-0.3, -0.25) is 0 Å². The van der Waals surface area contributed by atoms with Crippen LogP contribution in [0.2, 0.25) is 0 Å². The Morgan fingerprint density at radius 1 is 0.200 bits per heavy atom. The van der Waals surface area contributed by atoms with E-state index in [-0.39, 0.29) is 72.7 Å². The van der Waals surface area contributed by atoms with Gasteiger partial charge in [-0.1, -0.05) is 303 Å². The Morgan fingerprint density at radius 3 is 0.686 bits per heavy atom. The first-order chi connectivity index (χ1) is 52.0. The van der Waals surface area contributed by atoms with Crippen LogP contribution < -0.4 is 0 Å². The van der Waals surface area contributed by atoms with Crippen molar-refractivity contribution in [2.45, 2.75) is 158 Å². The van der Waals surface area contributed by atoms with Gasteiger partial charge in [0.2, 0.25) is 0 Å². The van der Waals surface area contributed by atoms with E-state index in [0.29, 0.717) is 13.2 Å². The Balaban J connectivity index is 0.872. The molecule has 105 heavy (non-hydrogen) atoms. The molecule has 0 bridgehead atoms. The van der Waals surface area contributed by atoms with Crippen LogP contribution in [-0.4, -0.2) is 119 Å². The van der Waals surface area contributed by atoms with Crippen LogP contribution in [0, 0.1) is 0 Å². The van der Waals surface area contributed by atoms with E-state index in [9.17, 15) is 0 Å². The Labute approximate surface area is 616 Å². The minimum atomic E-state index is -1.21. The topological polar surface area (TPSA) is 148 Å². The van der Waals surface area contributed by atoms with E-state index in [2.05, 4.69) is 0 Å². The quantitative estimate of drug-likeness (QED) is 0.0361. The van der Waals surface area contributed by atoms with Crippen molar-refractivity contribution in [3.8, 4) is 0 Å². The molecule has 0 amide bonds. The van der Waals surface area contributed by atoms with Gasteiger partial charge < -0.3 is 75.8 Å². The molecule has 13 rings (SSSR count). The molecule has 10 aromatic carbocycles. The number of methoxy groups -OCH3 is 1. The normalized spacial score (nSPS) is 24.6. The molecule has 0 radical (unpaired) electrons. The van der Waals surface area contributed by atoms with Crippen molar-refractivity contribution in [1.29, 1.82) is 0 Å². The Bertz CT molecular complexity index is 3980. The lowest BCUT2D eigenvalue weighted by Gasteiger charge is -2.50. The highest BCUT2D eigenvalue weighted by Gasteiger charge is 2.56. The van der Waals surface area contributed by atoms with Crippen LogP contribution in [0.5, 0.6) is 0 Å². The third kappa shape index (κ3) is 22.1. The molecule has 3 aliphatic rings. The molecule has 3 heterocycles. The van der Waals surface area contributed by atoms with Crippen molar-refractivity contribution in [3.63, 3.8) is 0 Å². The fraction of sp³-hybridized carbons (Fsp3) is 0.326. The minimum Gasteiger partial charge on any atom is -0.374 e. The summed E-state index contributed by atoms with van der Waals surface area (Å²) in [6, 6.07) is 100. The van der Waals surface area contributed by atoms with E-state index in [0.717, 1.165) is 55.6 Å². The molecule has 0 aliphatic carbocycles. The highest BCUT2D eigenvalue weighted by Crippen LogP contribution is 2.39. The highest BCUT2D eigenvalue weighted by atomic mass is 16.8. The fourth-order valence-electron chi connectivity index (χ4n) is 13.4. The molecule has 15 atom stereocenters. The molecule has 0 N–H and O–H groups in total. The SMILES string of the molecule is CO[C@H]1O[C@H](CO[C@H]2O[C@H](COCc3ccccc3)[C@@H](OCc3ccccc3)[C@H](OCc3ccccc3)[C@@H]2OCc2ccccc2)[C@@H](OCc2ccccc2)[C@H](OCc2ccccc2)[C@@H]1O[C@H]1O[C@H](COCc2ccccc2)[C@@H](OCc2ccccc2)[C@H](OCc2ccccc2)[C@@H]1OCc1ccccc1. The predicted molar refractivity (Wildman–Crippen MR) is 396 cm³/mol. The molecule has 0 saturated carbocycles. The molecule has 3 saturated heterocycles. The summed E-state index contributed by atoms with van der Waals surface area (Å²) in [4.78, 5) is 0. The zero-order valence-corrected chi connectivity index (χ0v) is 59.3. The number of rotatable bonds is 38. The maximum absolute atomic E-state index is 7.65. The second kappa shape index (κ2) is 40.3. The molecule has 0 aromatic heterocycles. The molecule has 16 heteroatoms. The van der Waals surface area contributed by atoms with Gasteiger partial charge >= 0.3 is 0 Å². The van der Waals surface area contributed by atoms with Gasteiger partial charge in [0.15, 0.2) is 18.9 Å². The van der Waals surface area contributed by atoms with Crippen LogP contribution in [0.15, 0.2) is 303 Å². The van der Waals surface area contributed by atoms with Crippen molar-refractivity contribution < 1.29 is 75.8 Å². The van der Waals surface area contributed by atoms with Crippen LogP contribution in [-0.2, 0) is 142 Å². The smallest absolute Gasteiger partial charge is 0.187 e. The summed E-state index contributed by atoms with van der Waals surface area (Å²) in [6.07, 6.45) is -13.9. The zero-order chi connectivity index (χ0) is 71.3. The molecule has 16 nitrogen and oxygen atoms in total. The lowest BCUT2D eigenvalue weighted by atomic mass is 9.95. The van der Waals surface area contributed by atoms with E-state index in [4.69, 9.17) is 75.8 Å². The number of benzene rings is 10. The standard InChI is InChI=1S/C89H94O16/c1-90-87-86(105-89-85(100-61-74-50-30-11-31-51-74)82(97-58-71-44-24-8-25-45-71)79(94-55-68-38-18-5-19-39-68)76(104-89)63-92-53-66-34-14-3-15-35-66)83(98-59-72-46-26-9-27-47-72)80(95-56-69-40-20-6-21-41-69)77(102-87)64-101-88-84(99-60-73-48-28-10-29-49-73)81(96-57-70-42-22-7-23-43-70)78(93-54-67-36-16-4-17-37-67)75(103-88)62-91-52-65-32-12-2-13-33-65/h2-51,75-89H,52-64H2,1H3/t75-,76-,77-,78-,79-,80-,81+,82+,83+,84+,85+,86+,87+,88+,89-/m1/s1. The molecule has 0 spiro atoms. The number of hydrogen-bond donors (Lipinski definition) is 0. The highest BCUT2D eigenvalue weighted by molar-refractivity contribution is 5.22. The Kier molecular flexibility index (Phi) is 28.7. The van der Waals surface area contributed by atoms with Gasteiger partial charge in [0.1, 0.15) is 73.2 Å². The van der Waals surface area contributed by atoms with Crippen LogP contribution in [0.4, 0.5) is 0 Å². The van der Waals surface area contributed by atoms with Gasteiger partial charge in [0.05, 0.1) is 85.9 Å². The van der Waals surface area contributed by atoms with Crippen LogP contribution in [0.3, 0.4) is 0 Å². The minimum absolute atomic E-state index is 0.0905. The summed E-state index contributed by atoms with van der Waals surface area (Å²) in [5, 5.41) is 0. The zero-order valence-electron chi connectivity index (χ0n) is 59.3. The molecule has 3 aliphatic heterocycles. The molecule has 10 aromatic rings. The summed E-state index contributed by atoms with van der Waals surface area (Å²) in [6.45, 7) is 2.31. The van der Waals surface area contributed by atoms with Gasteiger partial charge in [0.25, 0.3) is 0 Å². The van der Waals surface area contributed by atoms with Crippen molar-refractivity contribution in [3.05, 3.63) is 359 Å². The average Bonchev–Trinajstić information content (AvgIpc) is 0.774. The predicted octanol–water partition coefficient (Wildman–Crippen LogP) is 15.3. The third-order valence-electron chi connectivity index (χ3n) is 18.8. The van der Waals surface area contributed by atoms with E-state index < -0.39 is 92.1 Å². The monoisotopic (exact) mass is 1420 g/mol. The molecule has 0 unspecified atom stereocenters. The second-order valence-electron chi connectivity index (χ2n) is 26.4. The molecule has 546 valence electrons. The van der Waals surface area contributed by atoms with Crippen molar-refractivity contribution in [2.24, 2.45) is 0 Å². The van der Waals surface area contributed by atoms with Crippen LogP contribution in [0.25, 0.3) is 0 Å². The second-order valence-corrected chi connectivity index (χ2v) is 26.4. The van der Waals surface area contributed by atoms with Gasteiger partial charge in [-0.05, 0) is 55.6 Å². The maximum Gasteiger partial charge on any atom is 0.187 e. The average molecular weight is 1420 g/mol. The number of ether oxygens (including phenoxy) is 16. The maximum atomic E-state index is 7.65. The van der Waals surface area contributed by atoms with E-state index in [1.54, 1.807) is 7.11 Å². The van der Waals surface area contributed by atoms with Crippen molar-refractivity contribution >= 4 is 0 Å². The van der Waals surface area contributed by atoms with Crippen molar-refractivity contribution in [2.75, 3.05) is 26.9 Å². The first kappa shape index (κ1) is 74.8. The lowest BCUT2D eigenvalue weighted by molar-refractivity contribution is -0.385. The van der Waals surface area contributed by atoms with E-state index in [1.807, 2.05) is 303 Å². The third-order valence-corrected chi connectivity index (χ3v) is 18.8. The first-order valence-electron chi connectivity index (χ1n) is 36.3. The van der Waals surface area contributed by atoms with Crippen LogP contribution >= 0.6 is 0 Å². The lowest BCUT2D eigenvalue weighted by Crippen LogP contribution is -2.66. The fourth-order valence-corrected chi connectivity index (χ4v) is 13.4. The van der Waals surface area contributed by atoms with E-state index in [1.165, 1.54) is 0 Å². The van der Waals surface area contributed by atoms with Crippen LogP contribution in [0.1, 0.15) is 55.6 Å². The Morgan fingerprint density at radius 2 is 0.410 bits per heavy atom. The summed E-state index contributed by atoms with van der Waals surface area (Å²) in [5.74, 6) is 0. The summed E-state index contributed by atoms with van der Waals surface area (Å²) < 4.78 is 114. The molecule has 3 fully saturated rings.